The maximum atomic E-state index is 11.3. The summed E-state index contributed by atoms with van der Waals surface area (Å²) in [6.45, 7) is 0. The summed E-state index contributed by atoms with van der Waals surface area (Å²) >= 11 is 0. The summed E-state index contributed by atoms with van der Waals surface area (Å²) in [5, 5.41) is 9.25. The fourth-order valence-electron chi connectivity index (χ4n) is 2.63. The molecule has 0 heterocycles. The van der Waals surface area contributed by atoms with E-state index in [-0.39, 0.29) is 12.1 Å². The van der Waals surface area contributed by atoms with Crippen LogP contribution in [0.1, 0.15) is 57.8 Å². The van der Waals surface area contributed by atoms with E-state index in [2.05, 4.69) is 0 Å². The van der Waals surface area contributed by atoms with Crippen molar-refractivity contribution in [3.05, 3.63) is 0 Å². The molecule has 7 N–H and O–H groups in total. The number of carboxylic acid groups (broad SMARTS) is 1. The van der Waals surface area contributed by atoms with Gasteiger partial charge in [0.2, 0.25) is 0 Å². The Hall–Kier alpha value is -0.650. The van der Waals surface area contributed by atoms with Crippen LogP contribution in [0.5, 0.6) is 0 Å². The molecule has 1 aliphatic carbocycles. The molecular formula is C13H27N3O2. The summed E-state index contributed by atoms with van der Waals surface area (Å²) in [4.78, 5) is 11.3. The third kappa shape index (κ3) is 4.92. The summed E-state index contributed by atoms with van der Waals surface area (Å²) in [7, 11) is 0. The minimum atomic E-state index is -1.10. The van der Waals surface area contributed by atoms with Crippen LogP contribution >= 0.6 is 0 Å². The minimum Gasteiger partial charge on any atom is -0.480 e. The van der Waals surface area contributed by atoms with Crippen molar-refractivity contribution < 1.29 is 9.90 Å². The highest BCUT2D eigenvalue weighted by molar-refractivity contribution is 5.78. The first-order valence-corrected chi connectivity index (χ1v) is 6.97. The van der Waals surface area contributed by atoms with Crippen LogP contribution in [-0.4, -0.2) is 28.7 Å². The van der Waals surface area contributed by atoms with Gasteiger partial charge < -0.3 is 22.3 Å². The molecule has 106 valence electrons. The molecule has 0 amide bonds. The lowest BCUT2D eigenvalue weighted by Gasteiger charge is -2.27. The van der Waals surface area contributed by atoms with E-state index in [0.717, 1.165) is 44.9 Å². The molecule has 1 saturated carbocycles. The van der Waals surface area contributed by atoms with E-state index in [0.29, 0.717) is 12.8 Å². The van der Waals surface area contributed by atoms with Gasteiger partial charge in [-0.25, -0.2) is 0 Å². The zero-order valence-corrected chi connectivity index (χ0v) is 11.1. The van der Waals surface area contributed by atoms with Gasteiger partial charge in [-0.2, -0.15) is 0 Å². The normalized spacial score (nSPS) is 36.4. The first-order valence-electron chi connectivity index (χ1n) is 6.97. The van der Waals surface area contributed by atoms with Crippen molar-refractivity contribution in [2.75, 3.05) is 0 Å². The smallest absolute Gasteiger partial charge is 0.323 e. The van der Waals surface area contributed by atoms with Crippen molar-refractivity contribution in [2.45, 2.75) is 75.4 Å². The van der Waals surface area contributed by atoms with Crippen LogP contribution in [0.15, 0.2) is 0 Å². The van der Waals surface area contributed by atoms with Crippen LogP contribution in [0.3, 0.4) is 0 Å². The summed E-state index contributed by atoms with van der Waals surface area (Å²) in [5.74, 6) is -0.901. The predicted octanol–water partition coefficient (Wildman–Crippen LogP) is 0.948. The van der Waals surface area contributed by atoms with E-state index in [9.17, 15) is 9.90 Å². The molecular weight excluding hydrogens is 230 g/mol. The van der Waals surface area contributed by atoms with E-state index in [4.69, 9.17) is 17.2 Å². The van der Waals surface area contributed by atoms with Crippen LogP contribution < -0.4 is 17.2 Å². The quantitative estimate of drug-likeness (QED) is 0.558. The zero-order chi connectivity index (χ0) is 13.6. The van der Waals surface area contributed by atoms with E-state index < -0.39 is 11.5 Å². The molecule has 0 bridgehead atoms. The molecule has 0 aliphatic heterocycles. The number of aliphatic carboxylic acids is 1. The maximum Gasteiger partial charge on any atom is 0.323 e. The fraction of sp³-hybridized carbons (Fsp3) is 0.923. The first-order chi connectivity index (χ1) is 8.44. The zero-order valence-electron chi connectivity index (χ0n) is 11.1. The number of carboxylic acids is 1. The SMILES string of the molecule is NC1CCCC(N)CCCC(N)(C(=O)O)CCC1. The Morgan fingerprint density at radius 2 is 1.33 bits per heavy atom. The van der Waals surface area contributed by atoms with Crippen molar-refractivity contribution in [3.63, 3.8) is 0 Å². The number of carbonyl (C=O) groups is 1. The van der Waals surface area contributed by atoms with Crippen molar-refractivity contribution >= 4 is 5.97 Å². The third-order valence-corrected chi connectivity index (χ3v) is 3.97. The van der Waals surface area contributed by atoms with Crippen LogP contribution in [-0.2, 0) is 4.79 Å². The standard InChI is InChI=1S/C13H27N3O2/c14-10-4-1-5-11(15)7-3-9-13(16,12(17)18)8-2-6-10/h10-11H,1-9,14-16H2,(H,17,18). The van der Waals surface area contributed by atoms with Crippen LogP contribution in [0.25, 0.3) is 0 Å². The van der Waals surface area contributed by atoms with E-state index in [1.165, 1.54) is 0 Å². The molecule has 1 aliphatic rings. The lowest BCUT2D eigenvalue weighted by Crippen LogP contribution is -2.48. The maximum absolute atomic E-state index is 11.3. The van der Waals surface area contributed by atoms with Crippen LogP contribution in [0.2, 0.25) is 0 Å². The molecule has 1 rings (SSSR count). The van der Waals surface area contributed by atoms with Gasteiger partial charge in [-0.3, -0.25) is 4.79 Å². The molecule has 0 aromatic heterocycles. The number of nitrogens with two attached hydrogens (primary N) is 3. The van der Waals surface area contributed by atoms with Gasteiger partial charge in [0.15, 0.2) is 0 Å². The summed E-state index contributed by atoms with van der Waals surface area (Å²) in [6.07, 6.45) is 7.29. The van der Waals surface area contributed by atoms with Crippen LogP contribution in [0, 0.1) is 0 Å². The Balaban J connectivity index is 2.59. The Bertz CT molecular complexity index is 255. The Morgan fingerprint density at radius 3 is 1.72 bits per heavy atom. The van der Waals surface area contributed by atoms with Gasteiger partial charge in [-0.05, 0) is 51.4 Å². The van der Waals surface area contributed by atoms with Gasteiger partial charge in [-0.1, -0.05) is 6.42 Å². The number of rotatable bonds is 1. The van der Waals surface area contributed by atoms with Gasteiger partial charge >= 0.3 is 5.97 Å². The largest absolute Gasteiger partial charge is 0.480 e. The van der Waals surface area contributed by atoms with Crippen molar-refractivity contribution in [3.8, 4) is 0 Å². The minimum absolute atomic E-state index is 0.148. The molecule has 2 atom stereocenters. The average molecular weight is 257 g/mol. The lowest BCUT2D eigenvalue weighted by atomic mass is 9.85. The summed E-state index contributed by atoms with van der Waals surface area (Å²) in [5.41, 5.74) is 16.9. The van der Waals surface area contributed by atoms with Crippen molar-refractivity contribution in [2.24, 2.45) is 17.2 Å². The van der Waals surface area contributed by atoms with Gasteiger partial charge in [0, 0.05) is 12.1 Å². The molecule has 0 aromatic rings. The van der Waals surface area contributed by atoms with Gasteiger partial charge in [-0.15, -0.1) is 0 Å². The highest BCUT2D eigenvalue weighted by Crippen LogP contribution is 2.22. The van der Waals surface area contributed by atoms with E-state index in [1.807, 2.05) is 0 Å². The fourth-order valence-corrected chi connectivity index (χ4v) is 2.63. The molecule has 0 saturated heterocycles. The molecule has 0 spiro atoms. The summed E-state index contributed by atoms with van der Waals surface area (Å²) in [6, 6.07) is 0.296. The average Bonchev–Trinajstić information content (AvgIpc) is 2.27. The van der Waals surface area contributed by atoms with Gasteiger partial charge in [0.1, 0.15) is 5.54 Å². The number of hydrogen-bond acceptors (Lipinski definition) is 4. The highest BCUT2D eigenvalue weighted by Gasteiger charge is 2.33. The monoisotopic (exact) mass is 257 g/mol. The first kappa shape index (κ1) is 15.4. The lowest BCUT2D eigenvalue weighted by molar-refractivity contribution is -0.144. The second-order valence-electron chi connectivity index (χ2n) is 5.70. The molecule has 1 fully saturated rings. The third-order valence-electron chi connectivity index (χ3n) is 3.97. The molecule has 2 unspecified atom stereocenters. The Kier molecular flexibility index (Phi) is 6.05. The molecule has 5 nitrogen and oxygen atoms in total. The molecule has 18 heavy (non-hydrogen) atoms. The molecule has 0 aromatic carbocycles. The van der Waals surface area contributed by atoms with E-state index in [1.54, 1.807) is 0 Å². The van der Waals surface area contributed by atoms with Crippen molar-refractivity contribution in [1.29, 1.82) is 0 Å². The Labute approximate surface area is 109 Å². The highest BCUT2D eigenvalue weighted by atomic mass is 16.4. The molecule has 0 radical (unpaired) electrons. The van der Waals surface area contributed by atoms with Gasteiger partial charge in [0.05, 0.1) is 0 Å². The topological polar surface area (TPSA) is 115 Å². The summed E-state index contributed by atoms with van der Waals surface area (Å²) < 4.78 is 0. The number of hydrogen-bond donors (Lipinski definition) is 4. The Morgan fingerprint density at radius 1 is 0.944 bits per heavy atom. The van der Waals surface area contributed by atoms with Crippen LogP contribution in [0.4, 0.5) is 0 Å². The van der Waals surface area contributed by atoms with E-state index >= 15 is 0 Å². The second kappa shape index (κ2) is 7.07. The second-order valence-corrected chi connectivity index (χ2v) is 5.70. The van der Waals surface area contributed by atoms with Crippen molar-refractivity contribution in [1.82, 2.24) is 0 Å². The predicted molar refractivity (Wildman–Crippen MR) is 72.1 cm³/mol. The molecule has 5 heteroatoms. The van der Waals surface area contributed by atoms with Gasteiger partial charge in [0.25, 0.3) is 0 Å².